The second kappa shape index (κ2) is 6.15. The summed E-state index contributed by atoms with van der Waals surface area (Å²) in [5, 5.41) is 0. The molecule has 0 aliphatic heterocycles. The molecule has 3 rings (SSSR count). The molecule has 3 heteroatoms. The molecule has 22 heavy (non-hydrogen) atoms. The zero-order chi connectivity index (χ0) is 15.7. The highest BCUT2D eigenvalue weighted by Crippen LogP contribution is 2.40. The predicted octanol–water partition coefficient (Wildman–Crippen LogP) is 4.53. The van der Waals surface area contributed by atoms with Crippen LogP contribution in [-0.2, 0) is 6.42 Å². The maximum atomic E-state index is 4.96. The van der Waals surface area contributed by atoms with E-state index in [0.717, 1.165) is 19.3 Å². The number of aromatic nitrogens is 3. The molecule has 0 amide bonds. The van der Waals surface area contributed by atoms with Crippen molar-refractivity contribution in [3.8, 4) is 0 Å². The standard InChI is InChI=1S/C19H25N3/c1-5-12(2)17-13(3)6-7-16(22-17)11-15-10-14(4)18-19(15)21-9-8-20-18/h6-9,12,14-15H,5,10-11H2,1-4H3/t12-,14-,15-/m1/s1. The van der Waals surface area contributed by atoms with E-state index in [4.69, 9.17) is 4.98 Å². The van der Waals surface area contributed by atoms with Crippen LogP contribution in [0.25, 0.3) is 0 Å². The summed E-state index contributed by atoms with van der Waals surface area (Å²) in [7, 11) is 0. The van der Waals surface area contributed by atoms with E-state index < -0.39 is 0 Å². The van der Waals surface area contributed by atoms with Gasteiger partial charge in [0.1, 0.15) is 0 Å². The molecule has 0 fully saturated rings. The second-order valence-electron chi connectivity index (χ2n) is 6.68. The number of fused-ring (bicyclic) bond motifs is 1. The smallest absolute Gasteiger partial charge is 0.0656 e. The SMILES string of the molecule is CC[C@@H](C)c1nc(C[C@H]2C[C@@H](C)c3nccnc32)ccc1C. The minimum atomic E-state index is 0.457. The van der Waals surface area contributed by atoms with E-state index in [9.17, 15) is 0 Å². The molecule has 2 aromatic rings. The van der Waals surface area contributed by atoms with Crippen molar-refractivity contribution >= 4 is 0 Å². The van der Waals surface area contributed by atoms with Crippen molar-refractivity contribution in [3.63, 3.8) is 0 Å². The molecule has 3 nitrogen and oxygen atoms in total. The zero-order valence-electron chi connectivity index (χ0n) is 14.0. The van der Waals surface area contributed by atoms with Gasteiger partial charge in [-0.05, 0) is 43.7 Å². The van der Waals surface area contributed by atoms with Gasteiger partial charge in [0.15, 0.2) is 0 Å². The molecule has 0 unspecified atom stereocenters. The van der Waals surface area contributed by atoms with Crippen LogP contribution in [0.1, 0.15) is 79.7 Å². The quantitative estimate of drug-likeness (QED) is 0.832. The topological polar surface area (TPSA) is 38.7 Å². The first-order valence-electron chi connectivity index (χ1n) is 8.37. The van der Waals surface area contributed by atoms with E-state index >= 15 is 0 Å². The summed E-state index contributed by atoms with van der Waals surface area (Å²) in [4.78, 5) is 14.1. The Balaban J connectivity index is 1.86. The van der Waals surface area contributed by atoms with Crippen molar-refractivity contribution in [3.05, 3.63) is 52.9 Å². The number of aryl methyl sites for hydroxylation is 1. The van der Waals surface area contributed by atoms with Crippen LogP contribution in [0, 0.1) is 6.92 Å². The van der Waals surface area contributed by atoms with Gasteiger partial charge in [0, 0.05) is 35.6 Å². The summed E-state index contributed by atoms with van der Waals surface area (Å²) in [5.74, 6) is 1.49. The van der Waals surface area contributed by atoms with Gasteiger partial charge >= 0.3 is 0 Å². The van der Waals surface area contributed by atoms with Gasteiger partial charge in [-0.2, -0.15) is 0 Å². The molecule has 116 valence electrons. The zero-order valence-corrected chi connectivity index (χ0v) is 14.0. The Kier molecular flexibility index (Phi) is 4.23. The highest BCUT2D eigenvalue weighted by molar-refractivity contribution is 5.30. The van der Waals surface area contributed by atoms with Gasteiger partial charge in [0.25, 0.3) is 0 Å². The fourth-order valence-corrected chi connectivity index (χ4v) is 3.53. The number of pyridine rings is 1. The van der Waals surface area contributed by atoms with Gasteiger partial charge in [-0.15, -0.1) is 0 Å². The van der Waals surface area contributed by atoms with Gasteiger partial charge in [-0.3, -0.25) is 15.0 Å². The minimum Gasteiger partial charge on any atom is -0.257 e. The van der Waals surface area contributed by atoms with E-state index in [1.54, 1.807) is 0 Å². The highest BCUT2D eigenvalue weighted by atomic mass is 14.8. The average Bonchev–Trinajstić information content (AvgIpc) is 2.85. The summed E-state index contributed by atoms with van der Waals surface area (Å²) in [5.41, 5.74) is 6.12. The molecule has 1 aliphatic carbocycles. The summed E-state index contributed by atoms with van der Waals surface area (Å²) >= 11 is 0. The lowest BCUT2D eigenvalue weighted by atomic mass is 9.96. The molecule has 0 aromatic carbocycles. The Morgan fingerprint density at radius 2 is 1.91 bits per heavy atom. The Morgan fingerprint density at radius 1 is 1.18 bits per heavy atom. The molecule has 2 aromatic heterocycles. The fraction of sp³-hybridized carbons (Fsp3) is 0.526. The third-order valence-electron chi connectivity index (χ3n) is 4.98. The van der Waals surface area contributed by atoms with Crippen LogP contribution in [0.2, 0.25) is 0 Å². The van der Waals surface area contributed by atoms with E-state index in [1.807, 2.05) is 12.4 Å². The molecule has 3 atom stereocenters. The number of hydrogen-bond donors (Lipinski definition) is 0. The molecular formula is C19H25N3. The lowest BCUT2D eigenvalue weighted by molar-refractivity contribution is 0.595. The van der Waals surface area contributed by atoms with Gasteiger partial charge in [0.05, 0.1) is 11.4 Å². The van der Waals surface area contributed by atoms with Crippen molar-refractivity contribution in [1.29, 1.82) is 0 Å². The first kappa shape index (κ1) is 15.1. The molecule has 0 bridgehead atoms. The molecule has 2 heterocycles. The molecule has 0 saturated carbocycles. The Hall–Kier alpha value is -1.77. The summed E-state index contributed by atoms with van der Waals surface area (Å²) in [6.45, 7) is 8.90. The summed E-state index contributed by atoms with van der Waals surface area (Å²) < 4.78 is 0. The van der Waals surface area contributed by atoms with Crippen molar-refractivity contribution in [1.82, 2.24) is 15.0 Å². The average molecular weight is 295 g/mol. The van der Waals surface area contributed by atoms with E-state index in [-0.39, 0.29) is 0 Å². The van der Waals surface area contributed by atoms with Gasteiger partial charge in [-0.25, -0.2) is 0 Å². The first-order chi connectivity index (χ1) is 10.6. The lowest BCUT2D eigenvalue weighted by Crippen LogP contribution is -2.07. The van der Waals surface area contributed by atoms with Gasteiger partial charge < -0.3 is 0 Å². The van der Waals surface area contributed by atoms with Gasteiger partial charge in [-0.1, -0.05) is 26.8 Å². The van der Waals surface area contributed by atoms with Crippen LogP contribution >= 0.6 is 0 Å². The van der Waals surface area contributed by atoms with Crippen molar-refractivity contribution in [2.24, 2.45) is 0 Å². The first-order valence-corrected chi connectivity index (χ1v) is 8.37. The van der Waals surface area contributed by atoms with Crippen LogP contribution in [0.3, 0.4) is 0 Å². The molecular weight excluding hydrogens is 270 g/mol. The number of nitrogens with zero attached hydrogens (tertiary/aromatic N) is 3. The third kappa shape index (κ3) is 2.77. The molecule has 1 aliphatic rings. The van der Waals surface area contributed by atoms with Crippen LogP contribution in [0.5, 0.6) is 0 Å². The monoisotopic (exact) mass is 295 g/mol. The van der Waals surface area contributed by atoms with Crippen molar-refractivity contribution < 1.29 is 0 Å². The highest BCUT2D eigenvalue weighted by Gasteiger charge is 2.31. The molecule has 0 spiro atoms. The lowest BCUT2D eigenvalue weighted by Gasteiger charge is -2.15. The molecule has 0 radical (unpaired) electrons. The summed E-state index contributed by atoms with van der Waals surface area (Å²) in [6.07, 6.45) is 6.86. The van der Waals surface area contributed by atoms with Crippen LogP contribution in [-0.4, -0.2) is 15.0 Å². The normalized spacial score (nSPS) is 21.6. The van der Waals surface area contributed by atoms with Crippen LogP contribution < -0.4 is 0 Å². The maximum absolute atomic E-state index is 4.96. The van der Waals surface area contributed by atoms with E-state index in [0.29, 0.717) is 17.8 Å². The third-order valence-corrected chi connectivity index (χ3v) is 4.98. The molecule has 0 saturated heterocycles. The Labute approximate surface area is 133 Å². The second-order valence-corrected chi connectivity index (χ2v) is 6.68. The fourth-order valence-electron chi connectivity index (χ4n) is 3.53. The van der Waals surface area contributed by atoms with Gasteiger partial charge in [0.2, 0.25) is 0 Å². The molecule has 0 N–H and O–H groups in total. The largest absolute Gasteiger partial charge is 0.257 e. The van der Waals surface area contributed by atoms with Crippen LogP contribution in [0.15, 0.2) is 24.5 Å². The Bertz CT molecular complexity index is 665. The minimum absolute atomic E-state index is 0.457. The Morgan fingerprint density at radius 3 is 2.64 bits per heavy atom. The van der Waals surface area contributed by atoms with Crippen molar-refractivity contribution in [2.75, 3.05) is 0 Å². The van der Waals surface area contributed by atoms with E-state index in [2.05, 4.69) is 49.8 Å². The number of rotatable bonds is 4. The maximum Gasteiger partial charge on any atom is 0.0656 e. The predicted molar refractivity (Wildman–Crippen MR) is 89.2 cm³/mol. The number of hydrogen-bond acceptors (Lipinski definition) is 3. The van der Waals surface area contributed by atoms with E-state index in [1.165, 1.54) is 28.3 Å². The van der Waals surface area contributed by atoms with Crippen LogP contribution in [0.4, 0.5) is 0 Å². The van der Waals surface area contributed by atoms with Crippen molar-refractivity contribution in [2.45, 2.75) is 64.7 Å². The summed E-state index contributed by atoms with van der Waals surface area (Å²) in [6, 6.07) is 4.40.